The maximum Gasteiger partial charge on any atom is 0.340 e. The smallest absolute Gasteiger partial charge is 0.340 e. The number of aryl methyl sites for hydroxylation is 1. The zero-order valence-electron chi connectivity index (χ0n) is 23.1. The number of hydrogen-bond donors (Lipinski definition) is 1. The van der Waals surface area contributed by atoms with Crippen molar-refractivity contribution in [1.29, 1.82) is 0 Å². The Balaban J connectivity index is 0.000000738. The van der Waals surface area contributed by atoms with E-state index in [0.717, 1.165) is 28.5 Å². The third-order valence-corrected chi connectivity index (χ3v) is 8.10. The molecule has 1 aromatic carbocycles. The number of fused-ring (bicyclic) bond motifs is 5. The summed E-state index contributed by atoms with van der Waals surface area (Å²) in [4.78, 5) is 44.9. The Hall–Kier alpha value is -3.59. The number of ether oxygens (including phenoxy) is 1. The highest BCUT2D eigenvalue weighted by molar-refractivity contribution is 5.94. The standard InChI is InChI=1S/C26H22FN3O5.2C2H6/c1-11-12-4-5-18(29-6-2-3-20(29)31)22-14-9-30-19(23(14)28-17(21(12)22)8-16(11)27)7-13-15(25(30)33)10-35-26(34)24(13)32;2*1-2/h7-8,18,24,32H,2-6,9-10H2,1H3;2*1-2H3/t18?,24-;;/m0../s1. The van der Waals surface area contributed by atoms with Crippen LogP contribution in [0.4, 0.5) is 4.39 Å². The quantitative estimate of drug-likeness (QED) is 0.357. The third kappa shape index (κ3) is 3.89. The minimum absolute atomic E-state index is 0.109. The molecule has 206 valence electrons. The fraction of sp³-hybridized carbons (Fsp3) is 0.467. The Kier molecular flexibility index (Phi) is 7.05. The lowest BCUT2D eigenvalue weighted by atomic mass is 9.81. The van der Waals surface area contributed by atoms with Crippen molar-refractivity contribution in [2.75, 3.05) is 6.54 Å². The third-order valence-electron chi connectivity index (χ3n) is 8.10. The van der Waals surface area contributed by atoms with Crippen molar-refractivity contribution in [3.8, 4) is 11.4 Å². The molecule has 3 aliphatic heterocycles. The van der Waals surface area contributed by atoms with Crippen LogP contribution in [-0.4, -0.2) is 38.0 Å². The van der Waals surface area contributed by atoms with Crippen LogP contribution in [0.5, 0.6) is 0 Å². The summed E-state index contributed by atoms with van der Waals surface area (Å²) in [5, 5.41) is 11.3. The number of aliphatic hydroxyl groups excluding tert-OH is 1. The number of carbonyl (C=O) groups is 2. The molecule has 2 aromatic heterocycles. The molecule has 9 heteroatoms. The lowest BCUT2D eigenvalue weighted by molar-refractivity contribution is -0.157. The van der Waals surface area contributed by atoms with Gasteiger partial charge in [-0.25, -0.2) is 14.2 Å². The van der Waals surface area contributed by atoms with Crippen LogP contribution in [0.25, 0.3) is 22.3 Å². The minimum atomic E-state index is -1.54. The van der Waals surface area contributed by atoms with Gasteiger partial charge in [0, 0.05) is 35.5 Å². The van der Waals surface area contributed by atoms with Gasteiger partial charge in [0.1, 0.15) is 12.4 Å². The van der Waals surface area contributed by atoms with Gasteiger partial charge in [0.25, 0.3) is 5.56 Å². The van der Waals surface area contributed by atoms with Crippen molar-refractivity contribution in [2.24, 2.45) is 0 Å². The summed E-state index contributed by atoms with van der Waals surface area (Å²) in [6.45, 7) is 10.5. The molecule has 1 unspecified atom stereocenters. The number of amides is 1. The molecule has 39 heavy (non-hydrogen) atoms. The van der Waals surface area contributed by atoms with Crippen molar-refractivity contribution in [3.05, 3.63) is 61.7 Å². The van der Waals surface area contributed by atoms with Gasteiger partial charge >= 0.3 is 5.97 Å². The van der Waals surface area contributed by atoms with E-state index in [2.05, 4.69) is 0 Å². The number of likely N-dealkylation sites (tertiary alicyclic amines) is 1. The molecular formula is C30H34FN3O5. The van der Waals surface area contributed by atoms with Crippen LogP contribution in [0.15, 0.2) is 16.9 Å². The maximum atomic E-state index is 14.9. The van der Waals surface area contributed by atoms with Gasteiger partial charge in [-0.1, -0.05) is 27.7 Å². The van der Waals surface area contributed by atoms with Crippen LogP contribution in [0.1, 0.15) is 92.5 Å². The number of halogens is 1. The predicted molar refractivity (Wildman–Crippen MR) is 145 cm³/mol. The summed E-state index contributed by atoms with van der Waals surface area (Å²) in [7, 11) is 0. The van der Waals surface area contributed by atoms with E-state index in [1.54, 1.807) is 17.6 Å². The van der Waals surface area contributed by atoms with Crippen LogP contribution in [0.2, 0.25) is 0 Å². The monoisotopic (exact) mass is 535 g/mol. The van der Waals surface area contributed by atoms with Gasteiger partial charge in [-0.05, 0) is 48.9 Å². The largest absolute Gasteiger partial charge is 0.458 e. The highest BCUT2D eigenvalue weighted by Gasteiger charge is 2.40. The molecule has 3 aromatic rings. The molecule has 2 atom stereocenters. The summed E-state index contributed by atoms with van der Waals surface area (Å²) < 4.78 is 21.5. The number of cyclic esters (lactones) is 1. The van der Waals surface area contributed by atoms with Crippen LogP contribution in [0.3, 0.4) is 0 Å². The number of esters is 1. The number of benzene rings is 1. The van der Waals surface area contributed by atoms with E-state index in [1.165, 1.54) is 6.07 Å². The zero-order valence-corrected chi connectivity index (χ0v) is 23.1. The first-order valence-electron chi connectivity index (χ1n) is 13.9. The van der Waals surface area contributed by atoms with E-state index < -0.39 is 12.1 Å². The van der Waals surface area contributed by atoms with E-state index in [0.29, 0.717) is 48.3 Å². The van der Waals surface area contributed by atoms with Crippen LogP contribution >= 0.6 is 0 Å². The molecular weight excluding hydrogens is 501 g/mol. The molecule has 1 saturated heterocycles. The molecule has 1 aliphatic carbocycles. The van der Waals surface area contributed by atoms with E-state index in [4.69, 9.17) is 9.72 Å². The molecule has 1 amide bonds. The normalized spacial score (nSPS) is 20.3. The number of pyridine rings is 2. The van der Waals surface area contributed by atoms with Crippen molar-refractivity contribution in [1.82, 2.24) is 14.5 Å². The molecule has 4 aliphatic rings. The second kappa shape index (κ2) is 10.2. The van der Waals surface area contributed by atoms with Gasteiger partial charge in [0.2, 0.25) is 5.91 Å². The molecule has 0 saturated carbocycles. The van der Waals surface area contributed by atoms with Gasteiger partial charge in [-0.2, -0.15) is 0 Å². The zero-order chi connectivity index (χ0) is 28.2. The number of aromatic nitrogens is 2. The SMILES string of the molecule is CC.CC.Cc1c(F)cc2nc3c(c4c2c1CCC4N1CCCC1=O)Cn1c-3cc2c(c1=O)COC(=O)[C@H]2O. The average molecular weight is 536 g/mol. The van der Waals surface area contributed by atoms with E-state index >= 15 is 0 Å². The lowest BCUT2D eigenvalue weighted by Crippen LogP contribution is -2.33. The fourth-order valence-corrected chi connectivity index (χ4v) is 6.39. The van der Waals surface area contributed by atoms with Crippen molar-refractivity contribution >= 4 is 22.8 Å². The summed E-state index contributed by atoms with van der Waals surface area (Å²) in [5.41, 5.74) is 4.93. The van der Waals surface area contributed by atoms with Crippen LogP contribution < -0.4 is 5.56 Å². The summed E-state index contributed by atoms with van der Waals surface area (Å²) in [5.74, 6) is -1.02. The van der Waals surface area contributed by atoms with Gasteiger partial charge in [-0.3, -0.25) is 9.59 Å². The molecule has 0 radical (unpaired) electrons. The summed E-state index contributed by atoms with van der Waals surface area (Å²) >= 11 is 0. The first-order valence-corrected chi connectivity index (χ1v) is 13.9. The van der Waals surface area contributed by atoms with E-state index in [-0.39, 0.29) is 47.6 Å². The van der Waals surface area contributed by atoms with Crippen LogP contribution in [0, 0.1) is 12.7 Å². The minimum Gasteiger partial charge on any atom is -0.458 e. The lowest BCUT2D eigenvalue weighted by Gasteiger charge is -2.35. The van der Waals surface area contributed by atoms with Gasteiger partial charge in [-0.15, -0.1) is 0 Å². The predicted octanol–water partition coefficient (Wildman–Crippen LogP) is 4.63. The van der Waals surface area contributed by atoms with Gasteiger partial charge < -0.3 is 19.3 Å². The highest BCUT2D eigenvalue weighted by atomic mass is 19.1. The van der Waals surface area contributed by atoms with E-state index in [9.17, 15) is 23.9 Å². The number of hydrogen-bond acceptors (Lipinski definition) is 6. The molecule has 8 nitrogen and oxygen atoms in total. The summed E-state index contributed by atoms with van der Waals surface area (Å²) in [6.07, 6.45) is 1.11. The molecule has 1 fully saturated rings. The average Bonchev–Trinajstić information content (AvgIpc) is 3.55. The topological polar surface area (TPSA) is 102 Å². The number of aliphatic hydroxyl groups is 1. The van der Waals surface area contributed by atoms with Gasteiger partial charge in [0.15, 0.2) is 6.10 Å². The molecule has 7 rings (SSSR count). The number of rotatable bonds is 1. The van der Waals surface area contributed by atoms with Crippen molar-refractivity contribution < 1.29 is 23.8 Å². The maximum absolute atomic E-state index is 14.9. The fourth-order valence-electron chi connectivity index (χ4n) is 6.39. The highest BCUT2D eigenvalue weighted by Crippen LogP contribution is 2.47. The summed E-state index contributed by atoms with van der Waals surface area (Å²) in [6, 6.07) is 2.89. The Morgan fingerprint density at radius 2 is 1.79 bits per heavy atom. The Bertz CT molecular complexity index is 1580. The molecule has 0 bridgehead atoms. The Labute approximate surface area is 226 Å². The number of nitrogens with zero attached hydrogens (tertiary/aromatic N) is 3. The first-order chi connectivity index (χ1) is 18.8. The molecule has 0 spiro atoms. The van der Waals surface area contributed by atoms with Gasteiger partial charge in [0.05, 0.1) is 35.1 Å². The van der Waals surface area contributed by atoms with Crippen molar-refractivity contribution in [3.63, 3.8) is 0 Å². The molecule has 5 heterocycles. The number of carbonyl (C=O) groups excluding carboxylic acids is 2. The second-order valence-electron chi connectivity index (χ2n) is 9.82. The second-order valence-corrected chi connectivity index (χ2v) is 9.82. The van der Waals surface area contributed by atoms with Crippen molar-refractivity contribution in [2.45, 2.75) is 85.6 Å². The Morgan fingerprint density at radius 3 is 2.49 bits per heavy atom. The first kappa shape index (κ1) is 27.0. The van der Waals surface area contributed by atoms with Crippen LogP contribution in [-0.2, 0) is 33.9 Å². The Morgan fingerprint density at radius 1 is 1.05 bits per heavy atom. The van der Waals surface area contributed by atoms with E-state index in [1.807, 2.05) is 32.6 Å². The molecule has 1 N–H and O–H groups in total.